The van der Waals surface area contributed by atoms with Crippen molar-refractivity contribution in [1.82, 2.24) is 0 Å². The predicted molar refractivity (Wildman–Crippen MR) is 109 cm³/mol. The van der Waals surface area contributed by atoms with Crippen molar-refractivity contribution in [2.24, 2.45) is 17.4 Å². The molecule has 0 bridgehead atoms. The van der Waals surface area contributed by atoms with Crippen molar-refractivity contribution in [2.45, 2.75) is 51.0 Å². The maximum Gasteiger partial charge on any atom is 0.136 e. The second kappa shape index (κ2) is 11.6. The van der Waals surface area contributed by atoms with E-state index in [1.54, 1.807) is 0 Å². The Kier molecular flexibility index (Phi) is 9.08. The van der Waals surface area contributed by atoms with Crippen molar-refractivity contribution >= 4 is 5.78 Å². The lowest BCUT2D eigenvalue weighted by molar-refractivity contribution is -0.123. The summed E-state index contributed by atoms with van der Waals surface area (Å²) in [5.74, 6) is 0.396. The zero-order valence-electron chi connectivity index (χ0n) is 15.6. The molecule has 2 aromatic rings. The number of nitrogens with two attached hydrogens (primary N) is 2. The van der Waals surface area contributed by atoms with Gasteiger partial charge in [-0.15, -0.1) is 0 Å². The normalized spacial score (nSPS) is 13.3. The number of carbonyl (C=O) groups excluding carboxylic acids is 1. The molecule has 0 amide bonds. The van der Waals surface area contributed by atoms with Gasteiger partial charge in [-0.2, -0.15) is 0 Å². The minimum Gasteiger partial charge on any atom is -0.330 e. The Morgan fingerprint density at radius 3 is 2.08 bits per heavy atom. The van der Waals surface area contributed by atoms with Crippen LogP contribution in [0.5, 0.6) is 0 Å². The van der Waals surface area contributed by atoms with E-state index in [0.717, 1.165) is 38.5 Å². The minimum atomic E-state index is 0.0549. The Labute approximate surface area is 157 Å². The van der Waals surface area contributed by atoms with Crippen molar-refractivity contribution < 1.29 is 4.79 Å². The molecule has 0 saturated heterocycles. The summed E-state index contributed by atoms with van der Waals surface area (Å²) in [4.78, 5) is 12.9. The summed E-state index contributed by atoms with van der Waals surface area (Å²) in [5.41, 5.74) is 14.2. The molecule has 0 saturated carbocycles. The Morgan fingerprint density at radius 1 is 0.846 bits per heavy atom. The third-order valence-corrected chi connectivity index (χ3v) is 4.95. The van der Waals surface area contributed by atoms with E-state index in [-0.39, 0.29) is 12.0 Å². The highest BCUT2D eigenvalue weighted by Gasteiger charge is 2.19. The van der Waals surface area contributed by atoms with Crippen LogP contribution in [0, 0.1) is 5.92 Å². The molecule has 140 valence electrons. The first-order valence-electron chi connectivity index (χ1n) is 9.75. The van der Waals surface area contributed by atoms with Gasteiger partial charge in [0.25, 0.3) is 0 Å². The number of rotatable bonds is 12. The van der Waals surface area contributed by atoms with Crippen LogP contribution in [0.1, 0.15) is 43.2 Å². The molecule has 3 nitrogen and oxygen atoms in total. The zero-order valence-corrected chi connectivity index (χ0v) is 15.6. The summed E-state index contributed by atoms with van der Waals surface area (Å²) in [5, 5.41) is 0. The standard InChI is InChI=1S/C23H32N2O/c24-17-7-12-22(25)15-16-23(26)21(18-20-10-5-2-6-11-20)14-13-19-8-3-1-4-9-19/h1-6,8-11,21-22H,7,12-18,24-25H2/t21?,22-/m0/s1. The highest BCUT2D eigenvalue weighted by Crippen LogP contribution is 2.19. The van der Waals surface area contributed by atoms with E-state index >= 15 is 0 Å². The maximum atomic E-state index is 12.9. The van der Waals surface area contributed by atoms with Gasteiger partial charge in [0, 0.05) is 18.4 Å². The number of Topliss-reactive ketones (excluding diaryl/α,β-unsaturated/α-hetero) is 1. The lowest BCUT2D eigenvalue weighted by Gasteiger charge is -2.18. The Morgan fingerprint density at radius 2 is 1.46 bits per heavy atom. The molecule has 0 radical (unpaired) electrons. The molecule has 3 heteroatoms. The fourth-order valence-electron chi connectivity index (χ4n) is 3.32. The predicted octanol–water partition coefficient (Wildman–Crippen LogP) is 3.89. The van der Waals surface area contributed by atoms with Gasteiger partial charge in [-0.1, -0.05) is 60.7 Å². The molecular weight excluding hydrogens is 320 g/mol. The Balaban J connectivity index is 1.93. The van der Waals surface area contributed by atoms with Gasteiger partial charge < -0.3 is 11.5 Å². The molecule has 0 aromatic heterocycles. The number of hydrogen-bond acceptors (Lipinski definition) is 3. The van der Waals surface area contributed by atoms with Crippen LogP contribution in [-0.2, 0) is 17.6 Å². The van der Waals surface area contributed by atoms with Crippen molar-refractivity contribution in [3.63, 3.8) is 0 Å². The van der Waals surface area contributed by atoms with Crippen LogP contribution in [0.15, 0.2) is 60.7 Å². The first-order valence-corrected chi connectivity index (χ1v) is 9.75. The minimum absolute atomic E-state index is 0.0549. The molecule has 0 aliphatic carbocycles. The van der Waals surface area contributed by atoms with Crippen LogP contribution < -0.4 is 11.5 Å². The Hall–Kier alpha value is -1.97. The topological polar surface area (TPSA) is 69.1 Å². The highest BCUT2D eigenvalue weighted by molar-refractivity contribution is 5.81. The molecule has 26 heavy (non-hydrogen) atoms. The van der Waals surface area contributed by atoms with Crippen molar-refractivity contribution in [2.75, 3.05) is 6.54 Å². The average Bonchev–Trinajstić information content (AvgIpc) is 2.69. The monoisotopic (exact) mass is 352 g/mol. The summed E-state index contributed by atoms with van der Waals surface area (Å²) in [6.45, 7) is 0.662. The van der Waals surface area contributed by atoms with Gasteiger partial charge in [0.2, 0.25) is 0 Å². The van der Waals surface area contributed by atoms with E-state index in [2.05, 4.69) is 36.4 Å². The SMILES string of the molecule is NCCC[C@H](N)CCC(=O)C(CCc1ccccc1)Cc1ccccc1. The second-order valence-electron chi connectivity index (χ2n) is 7.11. The molecule has 0 aliphatic heterocycles. The van der Waals surface area contributed by atoms with Crippen LogP contribution in [0.25, 0.3) is 0 Å². The van der Waals surface area contributed by atoms with Gasteiger partial charge in [0.1, 0.15) is 5.78 Å². The van der Waals surface area contributed by atoms with Gasteiger partial charge >= 0.3 is 0 Å². The first-order chi connectivity index (χ1) is 12.7. The quantitative estimate of drug-likeness (QED) is 0.609. The summed E-state index contributed by atoms with van der Waals surface area (Å²) in [6.07, 6.45) is 5.78. The van der Waals surface area contributed by atoms with Gasteiger partial charge in [-0.05, 0) is 56.2 Å². The van der Waals surface area contributed by atoms with E-state index in [0.29, 0.717) is 18.7 Å². The molecular formula is C23H32N2O. The van der Waals surface area contributed by atoms with Gasteiger partial charge in [-0.25, -0.2) is 0 Å². The van der Waals surface area contributed by atoms with Crippen LogP contribution in [0.2, 0.25) is 0 Å². The largest absolute Gasteiger partial charge is 0.330 e. The smallest absolute Gasteiger partial charge is 0.136 e. The number of benzene rings is 2. The van der Waals surface area contributed by atoms with Crippen molar-refractivity contribution in [3.05, 3.63) is 71.8 Å². The summed E-state index contributed by atoms with van der Waals surface area (Å²) in [6, 6.07) is 20.8. The van der Waals surface area contributed by atoms with Gasteiger partial charge in [0.15, 0.2) is 0 Å². The summed E-state index contributed by atoms with van der Waals surface area (Å²) < 4.78 is 0. The van der Waals surface area contributed by atoms with E-state index in [1.165, 1.54) is 11.1 Å². The average molecular weight is 353 g/mol. The molecule has 2 rings (SSSR count). The Bertz CT molecular complexity index is 627. The second-order valence-corrected chi connectivity index (χ2v) is 7.11. The third-order valence-electron chi connectivity index (χ3n) is 4.95. The van der Waals surface area contributed by atoms with Gasteiger partial charge in [0.05, 0.1) is 0 Å². The zero-order chi connectivity index (χ0) is 18.6. The third kappa shape index (κ3) is 7.51. The molecule has 2 aromatic carbocycles. The summed E-state index contributed by atoms with van der Waals surface area (Å²) >= 11 is 0. The van der Waals surface area contributed by atoms with E-state index in [9.17, 15) is 4.79 Å². The van der Waals surface area contributed by atoms with Crippen molar-refractivity contribution in [1.29, 1.82) is 0 Å². The molecule has 0 aliphatic rings. The number of aryl methyl sites for hydroxylation is 1. The van der Waals surface area contributed by atoms with E-state index < -0.39 is 0 Å². The van der Waals surface area contributed by atoms with Crippen molar-refractivity contribution in [3.8, 4) is 0 Å². The van der Waals surface area contributed by atoms with E-state index in [1.807, 2.05) is 24.3 Å². The molecule has 0 fully saturated rings. The van der Waals surface area contributed by atoms with Crippen LogP contribution in [0.3, 0.4) is 0 Å². The molecule has 4 N–H and O–H groups in total. The van der Waals surface area contributed by atoms with Crippen LogP contribution in [0.4, 0.5) is 0 Å². The lowest BCUT2D eigenvalue weighted by Crippen LogP contribution is -2.25. The lowest BCUT2D eigenvalue weighted by atomic mass is 9.87. The van der Waals surface area contributed by atoms with Crippen LogP contribution >= 0.6 is 0 Å². The number of hydrogen-bond donors (Lipinski definition) is 2. The molecule has 0 spiro atoms. The number of carbonyl (C=O) groups is 1. The summed E-state index contributed by atoms with van der Waals surface area (Å²) in [7, 11) is 0. The van der Waals surface area contributed by atoms with Gasteiger partial charge in [-0.3, -0.25) is 4.79 Å². The first kappa shape index (κ1) is 20.3. The van der Waals surface area contributed by atoms with Crippen LogP contribution in [-0.4, -0.2) is 18.4 Å². The molecule has 1 unspecified atom stereocenters. The maximum absolute atomic E-state index is 12.9. The molecule has 0 heterocycles. The molecule has 2 atom stereocenters. The van der Waals surface area contributed by atoms with E-state index in [4.69, 9.17) is 11.5 Å². The highest BCUT2D eigenvalue weighted by atomic mass is 16.1. The fourth-order valence-corrected chi connectivity index (χ4v) is 3.32. The fraction of sp³-hybridized carbons (Fsp3) is 0.435. The number of ketones is 1.